The first-order valence-corrected chi connectivity index (χ1v) is 7.93. The number of nitrogens with one attached hydrogen (secondary N) is 3. The molecule has 0 atom stereocenters. The molecule has 5 N–H and O–H groups in total. The van der Waals surface area contributed by atoms with Gasteiger partial charge in [-0.25, -0.2) is 9.78 Å². The van der Waals surface area contributed by atoms with Crippen molar-refractivity contribution in [1.82, 2.24) is 9.97 Å². The zero-order valence-electron chi connectivity index (χ0n) is 13.1. The first-order chi connectivity index (χ1) is 11.4. The zero-order valence-corrected chi connectivity index (χ0v) is 13.9. The summed E-state index contributed by atoms with van der Waals surface area (Å²) in [6, 6.07) is 6.01. The molecular formula is C16H17N5O2S. The third-order valence-electron chi connectivity index (χ3n) is 3.71. The molecule has 1 aliphatic rings. The first-order valence-electron chi connectivity index (χ1n) is 7.52. The number of amides is 3. The van der Waals surface area contributed by atoms with E-state index in [0.717, 1.165) is 18.7 Å². The summed E-state index contributed by atoms with van der Waals surface area (Å²) in [5, 5.41) is 5.22. The van der Waals surface area contributed by atoms with Crippen LogP contribution in [0.15, 0.2) is 24.3 Å². The van der Waals surface area contributed by atoms with Gasteiger partial charge in [-0.05, 0) is 38.0 Å². The molecule has 24 heavy (non-hydrogen) atoms. The highest BCUT2D eigenvalue weighted by molar-refractivity contribution is 7.71. The molecule has 1 aromatic carbocycles. The monoisotopic (exact) mass is 343 g/mol. The maximum Gasteiger partial charge on any atom is 0.316 e. The van der Waals surface area contributed by atoms with Gasteiger partial charge < -0.3 is 21.4 Å². The van der Waals surface area contributed by atoms with E-state index in [-0.39, 0.29) is 10.5 Å². The van der Waals surface area contributed by atoms with E-state index in [2.05, 4.69) is 20.6 Å². The van der Waals surface area contributed by atoms with Gasteiger partial charge in [0.2, 0.25) is 0 Å². The van der Waals surface area contributed by atoms with Gasteiger partial charge in [0.05, 0.1) is 5.56 Å². The normalized spacial score (nSPS) is 13.4. The van der Waals surface area contributed by atoms with Gasteiger partial charge in [-0.3, -0.25) is 4.79 Å². The van der Waals surface area contributed by atoms with Crippen LogP contribution in [0.25, 0.3) is 0 Å². The Morgan fingerprint density at radius 3 is 2.54 bits per heavy atom. The number of aryl methyl sites for hydroxylation is 1. The summed E-state index contributed by atoms with van der Waals surface area (Å²) >= 11 is 5.28. The number of carbonyl (C=O) groups excluding carboxylic acids is 2. The fourth-order valence-electron chi connectivity index (χ4n) is 2.44. The summed E-state index contributed by atoms with van der Waals surface area (Å²) in [6.07, 6.45) is 2.20. The van der Waals surface area contributed by atoms with Crippen molar-refractivity contribution in [3.63, 3.8) is 0 Å². The molecule has 1 aromatic heterocycles. The lowest BCUT2D eigenvalue weighted by Gasteiger charge is -2.10. The number of aromatic nitrogens is 2. The number of benzene rings is 1. The van der Waals surface area contributed by atoms with Crippen molar-refractivity contribution < 1.29 is 9.59 Å². The van der Waals surface area contributed by atoms with E-state index < -0.39 is 6.03 Å². The summed E-state index contributed by atoms with van der Waals surface area (Å²) < 4.78 is 0.289. The smallest absolute Gasteiger partial charge is 0.316 e. The zero-order chi connectivity index (χ0) is 17.3. The van der Waals surface area contributed by atoms with Gasteiger partial charge in [0.1, 0.15) is 10.5 Å². The van der Waals surface area contributed by atoms with Crippen LogP contribution < -0.4 is 16.4 Å². The first kappa shape index (κ1) is 16.1. The molecule has 3 amide bonds. The van der Waals surface area contributed by atoms with E-state index in [9.17, 15) is 9.59 Å². The molecule has 0 radical (unpaired) electrons. The quantitative estimate of drug-likeness (QED) is 0.639. The summed E-state index contributed by atoms with van der Waals surface area (Å²) in [6.45, 7) is 1.81. The molecule has 1 saturated carbocycles. The topological polar surface area (TPSA) is 113 Å². The maximum atomic E-state index is 12.5. The van der Waals surface area contributed by atoms with Crippen LogP contribution in [0.3, 0.4) is 0 Å². The van der Waals surface area contributed by atoms with E-state index in [1.807, 2.05) is 6.92 Å². The van der Waals surface area contributed by atoms with Crippen molar-refractivity contribution in [3.8, 4) is 0 Å². The number of nitrogens with zero attached hydrogens (tertiary/aromatic N) is 1. The van der Waals surface area contributed by atoms with Crippen molar-refractivity contribution in [2.75, 3.05) is 10.6 Å². The molecule has 7 nitrogen and oxygen atoms in total. The minimum atomic E-state index is -0.670. The van der Waals surface area contributed by atoms with Crippen LogP contribution in [-0.4, -0.2) is 21.9 Å². The fourth-order valence-corrected chi connectivity index (χ4v) is 2.78. The Bertz CT molecular complexity index is 873. The van der Waals surface area contributed by atoms with Crippen molar-refractivity contribution >= 4 is 35.5 Å². The van der Waals surface area contributed by atoms with Crippen LogP contribution in [0, 0.1) is 11.6 Å². The van der Waals surface area contributed by atoms with Gasteiger partial charge in [0.15, 0.2) is 0 Å². The Labute approximate surface area is 143 Å². The maximum absolute atomic E-state index is 12.5. The highest BCUT2D eigenvalue weighted by Crippen LogP contribution is 2.38. The van der Waals surface area contributed by atoms with Crippen molar-refractivity contribution in [2.45, 2.75) is 25.7 Å². The number of nitrogens with two attached hydrogens (primary N) is 1. The number of hydrogen-bond donors (Lipinski definition) is 4. The van der Waals surface area contributed by atoms with E-state index >= 15 is 0 Å². The third kappa shape index (κ3) is 3.60. The molecule has 0 aliphatic heterocycles. The molecule has 0 bridgehead atoms. The lowest BCUT2D eigenvalue weighted by Crippen LogP contribution is -2.20. The minimum absolute atomic E-state index is 0.289. The largest absolute Gasteiger partial charge is 0.351 e. The van der Waals surface area contributed by atoms with E-state index in [1.165, 1.54) is 0 Å². The lowest BCUT2D eigenvalue weighted by molar-refractivity contribution is 0.102. The van der Waals surface area contributed by atoms with E-state index in [4.69, 9.17) is 18.0 Å². The van der Waals surface area contributed by atoms with Crippen LogP contribution in [0.4, 0.5) is 16.2 Å². The average Bonchev–Trinajstić information content (AvgIpc) is 3.30. The van der Waals surface area contributed by atoms with Crippen LogP contribution in [0.5, 0.6) is 0 Å². The van der Waals surface area contributed by atoms with Gasteiger partial charge in [0, 0.05) is 23.0 Å². The number of urea groups is 1. The number of anilines is 2. The van der Waals surface area contributed by atoms with Crippen LogP contribution in [0.1, 0.15) is 40.6 Å². The van der Waals surface area contributed by atoms with Crippen LogP contribution >= 0.6 is 12.2 Å². The summed E-state index contributed by atoms with van der Waals surface area (Å²) in [7, 11) is 0. The number of primary amides is 1. The van der Waals surface area contributed by atoms with Crippen LogP contribution in [-0.2, 0) is 0 Å². The molecule has 0 spiro atoms. The van der Waals surface area contributed by atoms with E-state index in [0.29, 0.717) is 28.6 Å². The predicted molar refractivity (Wildman–Crippen MR) is 93.7 cm³/mol. The number of H-pyrrole nitrogens is 1. The Balaban J connectivity index is 1.82. The van der Waals surface area contributed by atoms with Gasteiger partial charge >= 0.3 is 6.03 Å². The molecule has 124 valence electrons. The molecule has 0 unspecified atom stereocenters. The van der Waals surface area contributed by atoms with Gasteiger partial charge in [0.25, 0.3) is 5.91 Å². The van der Waals surface area contributed by atoms with Gasteiger partial charge in [-0.15, -0.1) is 0 Å². The average molecular weight is 343 g/mol. The SMILES string of the molecule is Cc1[nH]c(C2CC2)nc(=S)c1C(=O)Nc1cccc(NC(N)=O)c1. The van der Waals surface area contributed by atoms with Gasteiger partial charge in [-0.1, -0.05) is 18.3 Å². The molecule has 0 saturated heterocycles. The fraction of sp³-hybridized carbons (Fsp3) is 0.250. The molecule has 8 heteroatoms. The van der Waals surface area contributed by atoms with Crippen molar-refractivity contribution in [1.29, 1.82) is 0 Å². The molecule has 1 fully saturated rings. The number of hydrogen-bond acceptors (Lipinski definition) is 4. The highest BCUT2D eigenvalue weighted by Gasteiger charge is 2.27. The Morgan fingerprint density at radius 2 is 1.96 bits per heavy atom. The van der Waals surface area contributed by atoms with Crippen molar-refractivity contribution in [2.24, 2.45) is 5.73 Å². The Morgan fingerprint density at radius 1 is 1.29 bits per heavy atom. The number of rotatable bonds is 4. The van der Waals surface area contributed by atoms with Crippen LogP contribution in [0.2, 0.25) is 0 Å². The summed E-state index contributed by atoms with van der Waals surface area (Å²) in [4.78, 5) is 30.9. The second-order valence-corrected chi connectivity index (χ2v) is 6.11. The Kier molecular flexibility index (Phi) is 4.30. The summed E-state index contributed by atoms with van der Waals surface area (Å²) in [5.74, 6) is 0.931. The second-order valence-electron chi connectivity index (χ2n) is 5.73. The summed E-state index contributed by atoms with van der Waals surface area (Å²) in [5.41, 5.74) is 7.14. The van der Waals surface area contributed by atoms with Crippen molar-refractivity contribution in [3.05, 3.63) is 46.0 Å². The molecular weight excluding hydrogens is 326 g/mol. The predicted octanol–water partition coefficient (Wildman–Crippen LogP) is 3.07. The molecule has 1 heterocycles. The standard InChI is InChI=1S/C16H17N5O2S/c1-8-12(15(24)21-13(18-8)9-5-6-9)14(22)19-10-3-2-4-11(7-10)20-16(17)23/h2-4,7,9H,5-6H2,1H3,(H,19,22)(H3,17,20,23)(H,18,21,24). The molecule has 1 aliphatic carbocycles. The number of carbonyl (C=O) groups is 2. The second kappa shape index (κ2) is 6.40. The Hall–Kier alpha value is -2.74. The third-order valence-corrected chi connectivity index (χ3v) is 4.00. The molecule has 2 aromatic rings. The lowest BCUT2D eigenvalue weighted by atomic mass is 10.2. The molecule has 3 rings (SSSR count). The van der Waals surface area contributed by atoms with Gasteiger partial charge in [-0.2, -0.15) is 0 Å². The highest BCUT2D eigenvalue weighted by atomic mass is 32.1. The minimum Gasteiger partial charge on any atom is -0.351 e. The number of aromatic amines is 1. The van der Waals surface area contributed by atoms with E-state index in [1.54, 1.807) is 24.3 Å².